The van der Waals surface area contributed by atoms with Crippen LogP contribution in [0.25, 0.3) is 22.3 Å². The van der Waals surface area contributed by atoms with E-state index in [4.69, 9.17) is 4.74 Å². The quantitative estimate of drug-likeness (QED) is 0.378. The highest BCUT2D eigenvalue weighted by Crippen LogP contribution is 2.39. The zero-order valence-corrected chi connectivity index (χ0v) is 19.8. The van der Waals surface area contributed by atoms with Gasteiger partial charge in [0.05, 0.1) is 7.11 Å². The predicted molar refractivity (Wildman–Crippen MR) is 131 cm³/mol. The zero-order chi connectivity index (χ0) is 24.3. The molecule has 0 aromatic heterocycles. The average molecular weight is 453 g/mol. The van der Waals surface area contributed by atoms with E-state index in [0.29, 0.717) is 11.1 Å². The molecule has 0 saturated carbocycles. The van der Waals surface area contributed by atoms with E-state index in [-0.39, 0.29) is 28.8 Å². The number of hydrogen-bond donors (Lipinski definition) is 2. The summed E-state index contributed by atoms with van der Waals surface area (Å²) >= 11 is 0. The van der Waals surface area contributed by atoms with Gasteiger partial charge in [-0.15, -0.1) is 0 Å². The molecule has 3 aromatic rings. The SMILES string of the molecule is COC(=O)c1c(F)c(-c2ccc(NC(C)C)cc2)c(C)c(F)c1-c1ccc(NC(C)C)cc1. The molecular formula is C27H30F2N2O2. The molecule has 3 aromatic carbocycles. The standard InChI is InChI=1S/C27H30F2N2O2/c1-15(2)30-20-11-7-18(8-12-20)22-17(5)25(28)23(24(26(22)29)27(32)33-6)19-9-13-21(14-10-19)31-16(3)4/h7-16,30-31H,1-6H3. The van der Waals surface area contributed by atoms with Gasteiger partial charge in [0.1, 0.15) is 17.2 Å². The predicted octanol–water partition coefficient (Wildman–Crippen LogP) is 7.03. The molecule has 0 amide bonds. The molecule has 3 rings (SSSR count). The molecular weight excluding hydrogens is 422 g/mol. The molecule has 0 aliphatic heterocycles. The molecule has 2 N–H and O–H groups in total. The summed E-state index contributed by atoms with van der Waals surface area (Å²) in [6.07, 6.45) is 0. The van der Waals surface area contributed by atoms with Crippen LogP contribution in [0.2, 0.25) is 0 Å². The van der Waals surface area contributed by atoms with Gasteiger partial charge in [-0.3, -0.25) is 0 Å². The van der Waals surface area contributed by atoms with E-state index < -0.39 is 23.2 Å². The summed E-state index contributed by atoms with van der Waals surface area (Å²) in [7, 11) is 1.16. The minimum atomic E-state index is -0.926. The molecule has 0 atom stereocenters. The second kappa shape index (κ2) is 10.0. The summed E-state index contributed by atoms with van der Waals surface area (Å²) in [6.45, 7) is 9.56. The smallest absolute Gasteiger partial charge is 0.341 e. The minimum absolute atomic E-state index is 0.0471. The Kier molecular flexibility index (Phi) is 7.36. The van der Waals surface area contributed by atoms with E-state index in [1.165, 1.54) is 6.92 Å². The number of anilines is 2. The Labute approximate surface area is 194 Å². The van der Waals surface area contributed by atoms with Crippen molar-refractivity contribution >= 4 is 17.3 Å². The summed E-state index contributed by atoms with van der Waals surface area (Å²) in [5.74, 6) is -2.38. The molecule has 0 heterocycles. The van der Waals surface area contributed by atoms with Crippen molar-refractivity contribution in [3.05, 3.63) is 71.3 Å². The average Bonchev–Trinajstić information content (AvgIpc) is 2.77. The van der Waals surface area contributed by atoms with Gasteiger partial charge in [0.15, 0.2) is 0 Å². The molecule has 0 spiro atoms. The van der Waals surface area contributed by atoms with Gasteiger partial charge >= 0.3 is 5.97 Å². The van der Waals surface area contributed by atoms with Crippen LogP contribution in [0, 0.1) is 18.6 Å². The van der Waals surface area contributed by atoms with Gasteiger partial charge in [-0.1, -0.05) is 24.3 Å². The first-order valence-corrected chi connectivity index (χ1v) is 11.0. The lowest BCUT2D eigenvalue weighted by molar-refractivity contribution is 0.0596. The van der Waals surface area contributed by atoms with Crippen molar-refractivity contribution in [1.29, 1.82) is 0 Å². The Hall–Kier alpha value is -3.41. The van der Waals surface area contributed by atoms with E-state index in [1.807, 2.05) is 27.7 Å². The molecule has 0 aliphatic rings. The van der Waals surface area contributed by atoms with Crippen molar-refractivity contribution in [3.8, 4) is 22.3 Å². The highest BCUT2D eigenvalue weighted by molar-refractivity contribution is 6.00. The Morgan fingerprint density at radius 2 is 1.18 bits per heavy atom. The van der Waals surface area contributed by atoms with Crippen molar-refractivity contribution in [2.24, 2.45) is 0 Å². The highest BCUT2D eigenvalue weighted by atomic mass is 19.1. The number of ether oxygens (including phenoxy) is 1. The first kappa shape index (κ1) is 24.2. The Bertz CT molecular complexity index is 1140. The number of carbonyl (C=O) groups excluding carboxylic acids is 1. The number of nitrogens with one attached hydrogen (secondary N) is 2. The van der Waals surface area contributed by atoms with Crippen LogP contribution in [0.15, 0.2) is 48.5 Å². The minimum Gasteiger partial charge on any atom is -0.465 e. The molecule has 33 heavy (non-hydrogen) atoms. The van der Waals surface area contributed by atoms with Gasteiger partial charge in [-0.2, -0.15) is 0 Å². The Morgan fingerprint density at radius 3 is 1.58 bits per heavy atom. The summed E-state index contributed by atoms with van der Waals surface area (Å²) in [5.41, 5.74) is 2.25. The summed E-state index contributed by atoms with van der Waals surface area (Å²) in [5, 5.41) is 6.51. The molecule has 0 radical (unpaired) electrons. The van der Waals surface area contributed by atoms with Crippen LogP contribution >= 0.6 is 0 Å². The fourth-order valence-corrected chi connectivity index (χ4v) is 3.85. The van der Waals surface area contributed by atoms with Crippen LogP contribution in [0.5, 0.6) is 0 Å². The molecule has 0 unspecified atom stereocenters. The largest absolute Gasteiger partial charge is 0.465 e. The third-order valence-electron chi connectivity index (χ3n) is 5.26. The maximum atomic E-state index is 15.8. The number of methoxy groups -OCH3 is 1. The molecule has 0 aliphatic carbocycles. The van der Waals surface area contributed by atoms with Crippen LogP contribution in [0.4, 0.5) is 20.2 Å². The molecule has 0 bridgehead atoms. The molecule has 0 saturated heterocycles. The highest BCUT2D eigenvalue weighted by Gasteiger charge is 2.29. The molecule has 0 fully saturated rings. The van der Waals surface area contributed by atoms with Crippen molar-refractivity contribution < 1.29 is 18.3 Å². The number of carbonyl (C=O) groups is 1. The molecule has 4 nitrogen and oxygen atoms in total. The lowest BCUT2D eigenvalue weighted by Gasteiger charge is -2.18. The van der Waals surface area contributed by atoms with E-state index in [0.717, 1.165) is 18.5 Å². The summed E-state index contributed by atoms with van der Waals surface area (Å²) < 4.78 is 36.4. The fourth-order valence-electron chi connectivity index (χ4n) is 3.85. The van der Waals surface area contributed by atoms with Crippen molar-refractivity contribution in [3.63, 3.8) is 0 Å². The van der Waals surface area contributed by atoms with Crippen LogP contribution in [-0.2, 0) is 4.74 Å². The maximum absolute atomic E-state index is 15.8. The first-order valence-electron chi connectivity index (χ1n) is 11.0. The van der Waals surface area contributed by atoms with Crippen LogP contribution < -0.4 is 10.6 Å². The Morgan fingerprint density at radius 1 is 0.758 bits per heavy atom. The topological polar surface area (TPSA) is 50.4 Å². The van der Waals surface area contributed by atoms with Gasteiger partial charge in [-0.25, -0.2) is 13.6 Å². The lowest BCUT2D eigenvalue weighted by atomic mass is 9.89. The van der Waals surface area contributed by atoms with Crippen LogP contribution in [0.3, 0.4) is 0 Å². The third kappa shape index (κ3) is 5.16. The van der Waals surface area contributed by atoms with E-state index in [2.05, 4.69) is 10.6 Å². The van der Waals surface area contributed by atoms with Gasteiger partial charge in [-0.05, 0) is 75.6 Å². The number of halogens is 2. The number of benzene rings is 3. The monoisotopic (exact) mass is 452 g/mol. The van der Waals surface area contributed by atoms with Crippen molar-refractivity contribution in [2.75, 3.05) is 17.7 Å². The Balaban J connectivity index is 2.18. The zero-order valence-electron chi connectivity index (χ0n) is 19.8. The molecule has 174 valence electrons. The number of hydrogen-bond acceptors (Lipinski definition) is 4. The first-order chi connectivity index (χ1) is 15.6. The maximum Gasteiger partial charge on any atom is 0.341 e. The number of esters is 1. The van der Waals surface area contributed by atoms with Crippen LogP contribution in [0.1, 0.15) is 43.6 Å². The summed E-state index contributed by atoms with van der Waals surface area (Å²) in [4.78, 5) is 12.6. The second-order valence-electron chi connectivity index (χ2n) is 8.62. The van der Waals surface area contributed by atoms with Crippen molar-refractivity contribution in [1.82, 2.24) is 0 Å². The third-order valence-corrected chi connectivity index (χ3v) is 5.26. The van der Waals surface area contributed by atoms with Gasteiger partial charge in [0.25, 0.3) is 0 Å². The van der Waals surface area contributed by atoms with Crippen LogP contribution in [-0.4, -0.2) is 25.2 Å². The second-order valence-corrected chi connectivity index (χ2v) is 8.62. The fraction of sp³-hybridized carbons (Fsp3) is 0.296. The normalized spacial score (nSPS) is 11.1. The van der Waals surface area contributed by atoms with Crippen molar-refractivity contribution in [2.45, 2.75) is 46.7 Å². The lowest BCUT2D eigenvalue weighted by Crippen LogP contribution is -2.12. The van der Waals surface area contributed by atoms with E-state index in [1.54, 1.807) is 48.5 Å². The van der Waals surface area contributed by atoms with Gasteiger partial charge < -0.3 is 15.4 Å². The molecule has 6 heteroatoms. The van der Waals surface area contributed by atoms with Gasteiger partial charge in [0.2, 0.25) is 0 Å². The van der Waals surface area contributed by atoms with Gasteiger partial charge in [0, 0.05) is 34.6 Å². The van der Waals surface area contributed by atoms with E-state index in [9.17, 15) is 4.79 Å². The summed E-state index contributed by atoms with van der Waals surface area (Å²) in [6, 6.07) is 14.4. The number of rotatable bonds is 7. The van der Waals surface area contributed by atoms with E-state index >= 15 is 8.78 Å².